The van der Waals surface area contributed by atoms with Crippen molar-refractivity contribution in [1.29, 1.82) is 0 Å². The highest BCUT2D eigenvalue weighted by Gasteiger charge is 2.33. The molecule has 0 unspecified atom stereocenters. The molecule has 0 bridgehead atoms. The van der Waals surface area contributed by atoms with Gasteiger partial charge in [-0.2, -0.15) is 0 Å². The molecule has 4 rings (SSSR count). The molecule has 2 amide bonds. The predicted molar refractivity (Wildman–Crippen MR) is 92.8 cm³/mol. The Morgan fingerprint density at radius 2 is 1.88 bits per heavy atom. The number of rotatable bonds is 3. The van der Waals surface area contributed by atoms with Crippen LogP contribution in [0.1, 0.15) is 31.2 Å². The molecule has 0 aliphatic carbocycles. The van der Waals surface area contributed by atoms with Crippen LogP contribution in [0.2, 0.25) is 0 Å². The highest BCUT2D eigenvalue weighted by atomic mass is 16.2. The van der Waals surface area contributed by atoms with Gasteiger partial charge in [0, 0.05) is 38.3 Å². The minimum absolute atomic E-state index is 0.0101. The smallest absolute Gasteiger partial charge is 0.245 e. The topological polar surface area (TPSA) is 52.7 Å². The van der Waals surface area contributed by atoms with Crippen LogP contribution in [0.5, 0.6) is 0 Å². The molecule has 24 heavy (non-hydrogen) atoms. The average molecular weight is 327 g/mol. The van der Waals surface area contributed by atoms with Crippen molar-refractivity contribution in [1.82, 2.24) is 10.2 Å². The summed E-state index contributed by atoms with van der Waals surface area (Å²) in [4.78, 5) is 28.2. The zero-order valence-electron chi connectivity index (χ0n) is 14.0. The van der Waals surface area contributed by atoms with Gasteiger partial charge in [-0.25, -0.2) is 0 Å². The van der Waals surface area contributed by atoms with Crippen LogP contribution in [0.4, 0.5) is 5.69 Å². The van der Waals surface area contributed by atoms with Crippen LogP contribution in [0.25, 0.3) is 0 Å². The molecule has 1 aromatic rings. The van der Waals surface area contributed by atoms with Crippen molar-refractivity contribution in [2.75, 3.05) is 31.1 Å². The summed E-state index contributed by atoms with van der Waals surface area (Å²) in [5.74, 6) is 0.778. The van der Waals surface area contributed by atoms with Gasteiger partial charge in [-0.15, -0.1) is 0 Å². The van der Waals surface area contributed by atoms with E-state index in [1.165, 1.54) is 11.3 Å². The molecule has 0 aromatic heterocycles. The molecule has 1 atom stereocenters. The van der Waals surface area contributed by atoms with Crippen LogP contribution < -0.4 is 10.2 Å². The van der Waals surface area contributed by atoms with E-state index >= 15 is 0 Å². The summed E-state index contributed by atoms with van der Waals surface area (Å²) in [6.45, 7) is 3.86. The third-order valence-corrected chi connectivity index (χ3v) is 5.68. The maximum Gasteiger partial charge on any atom is 0.245 e. The maximum absolute atomic E-state index is 12.5. The lowest BCUT2D eigenvalue weighted by Gasteiger charge is -2.35. The first-order valence-corrected chi connectivity index (χ1v) is 9.12. The molecule has 0 radical (unpaired) electrons. The minimum atomic E-state index is -0.278. The van der Waals surface area contributed by atoms with Crippen molar-refractivity contribution in [3.8, 4) is 0 Å². The molecule has 5 nitrogen and oxygen atoms in total. The fourth-order valence-corrected chi connectivity index (χ4v) is 4.26. The number of fused-ring (bicyclic) bond motifs is 1. The van der Waals surface area contributed by atoms with Crippen molar-refractivity contribution in [3.63, 3.8) is 0 Å². The van der Waals surface area contributed by atoms with Gasteiger partial charge in [-0.3, -0.25) is 9.59 Å². The molecule has 2 fully saturated rings. The lowest BCUT2D eigenvalue weighted by molar-refractivity contribution is -0.135. The van der Waals surface area contributed by atoms with Crippen LogP contribution in [-0.4, -0.2) is 48.9 Å². The number of nitrogens with one attached hydrogen (secondary N) is 1. The Labute approximate surface area is 143 Å². The van der Waals surface area contributed by atoms with Gasteiger partial charge in [0.05, 0.1) is 0 Å². The number of piperidine rings is 1. The Morgan fingerprint density at radius 3 is 2.62 bits per heavy atom. The molecule has 1 aromatic carbocycles. The molecule has 2 saturated heterocycles. The fraction of sp³-hybridized carbons (Fsp3) is 0.579. The maximum atomic E-state index is 12.5. The second-order valence-corrected chi connectivity index (χ2v) is 7.25. The quantitative estimate of drug-likeness (QED) is 0.917. The first kappa shape index (κ1) is 15.5. The number of hydrogen-bond donors (Lipinski definition) is 1. The van der Waals surface area contributed by atoms with Gasteiger partial charge < -0.3 is 15.1 Å². The van der Waals surface area contributed by atoms with E-state index in [1.807, 2.05) is 4.90 Å². The zero-order chi connectivity index (χ0) is 16.5. The number of carbonyl (C=O) groups excluding carboxylic acids is 2. The largest absolute Gasteiger partial charge is 0.371 e. The summed E-state index contributed by atoms with van der Waals surface area (Å²) >= 11 is 0. The molecule has 5 heteroatoms. The number of likely N-dealkylation sites (tertiary alicyclic amines) is 1. The van der Waals surface area contributed by atoms with E-state index in [0.717, 1.165) is 45.4 Å². The summed E-state index contributed by atoms with van der Waals surface area (Å²) in [5, 5.41) is 2.79. The van der Waals surface area contributed by atoms with E-state index in [1.54, 1.807) is 0 Å². The zero-order valence-corrected chi connectivity index (χ0v) is 14.0. The molecule has 0 spiro atoms. The number of benzene rings is 1. The van der Waals surface area contributed by atoms with Gasteiger partial charge >= 0.3 is 0 Å². The molecular formula is C19H25N3O2. The molecule has 1 N–H and O–H groups in total. The standard InChI is InChI=1S/C19H25N3O2/c23-18-6-5-16(20-18)19(24)21-10-7-14(8-11-21)13-22-12-9-15-3-1-2-4-17(15)22/h1-4,14,16H,5-13H2,(H,20,23)/t16-/m0/s1. The van der Waals surface area contributed by atoms with E-state index in [9.17, 15) is 9.59 Å². The SMILES string of the molecule is O=C1CC[C@@H](C(=O)N2CCC(CN3CCc4ccccc43)CC2)N1. The highest BCUT2D eigenvalue weighted by Crippen LogP contribution is 2.30. The summed E-state index contributed by atoms with van der Waals surface area (Å²) in [5.41, 5.74) is 2.85. The third-order valence-electron chi connectivity index (χ3n) is 5.68. The van der Waals surface area contributed by atoms with Gasteiger partial charge in [0.15, 0.2) is 0 Å². The Bertz CT molecular complexity index is 637. The van der Waals surface area contributed by atoms with E-state index in [-0.39, 0.29) is 17.9 Å². The summed E-state index contributed by atoms with van der Waals surface area (Å²) in [7, 11) is 0. The first-order valence-electron chi connectivity index (χ1n) is 9.12. The number of amides is 2. The van der Waals surface area contributed by atoms with Crippen molar-refractivity contribution in [2.24, 2.45) is 5.92 Å². The van der Waals surface area contributed by atoms with Crippen LogP contribution in [0, 0.1) is 5.92 Å². The number of carbonyl (C=O) groups is 2. The second-order valence-electron chi connectivity index (χ2n) is 7.25. The average Bonchev–Trinajstić information content (AvgIpc) is 3.22. The van der Waals surface area contributed by atoms with Gasteiger partial charge in [-0.1, -0.05) is 18.2 Å². The van der Waals surface area contributed by atoms with Crippen molar-refractivity contribution in [2.45, 2.75) is 38.1 Å². The third kappa shape index (κ3) is 2.99. The minimum Gasteiger partial charge on any atom is -0.371 e. The second kappa shape index (κ2) is 6.46. The molecular weight excluding hydrogens is 302 g/mol. The molecule has 0 saturated carbocycles. The fourth-order valence-electron chi connectivity index (χ4n) is 4.26. The Kier molecular flexibility index (Phi) is 4.17. The lowest BCUT2D eigenvalue weighted by atomic mass is 9.95. The van der Waals surface area contributed by atoms with Gasteiger partial charge in [0.1, 0.15) is 6.04 Å². The van der Waals surface area contributed by atoms with E-state index < -0.39 is 0 Å². The Morgan fingerprint density at radius 1 is 1.08 bits per heavy atom. The molecule has 3 aliphatic rings. The molecule has 3 aliphatic heterocycles. The molecule has 128 valence electrons. The van der Waals surface area contributed by atoms with E-state index in [2.05, 4.69) is 34.5 Å². The van der Waals surface area contributed by atoms with Crippen LogP contribution in [-0.2, 0) is 16.0 Å². The van der Waals surface area contributed by atoms with Crippen molar-refractivity contribution in [3.05, 3.63) is 29.8 Å². The van der Waals surface area contributed by atoms with Crippen molar-refractivity contribution < 1.29 is 9.59 Å². The number of anilines is 1. The first-order chi connectivity index (χ1) is 11.7. The van der Waals surface area contributed by atoms with Crippen LogP contribution in [0.15, 0.2) is 24.3 Å². The van der Waals surface area contributed by atoms with Gasteiger partial charge in [0.25, 0.3) is 0 Å². The van der Waals surface area contributed by atoms with Crippen LogP contribution in [0.3, 0.4) is 0 Å². The lowest BCUT2D eigenvalue weighted by Crippen LogP contribution is -2.48. The highest BCUT2D eigenvalue weighted by molar-refractivity contribution is 5.90. The number of hydrogen-bond acceptors (Lipinski definition) is 3. The molecule has 3 heterocycles. The summed E-state index contributed by atoms with van der Waals surface area (Å²) in [6.07, 6.45) is 4.41. The van der Waals surface area contributed by atoms with Crippen molar-refractivity contribution >= 4 is 17.5 Å². The van der Waals surface area contributed by atoms with Gasteiger partial charge in [0.2, 0.25) is 11.8 Å². The van der Waals surface area contributed by atoms with Gasteiger partial charge in [-0.05, 0) is 43.2 Å². The monoisotopic (exact) mass is 327 g/mol. The summed E-state index contributed by atoms with van der Waals surface area (Å²) < 4.78 is 0. The Hall–Kier alpha value is -2.04. The van der Waals surface area contributed by atoms with Crippen LogP contribution >= 0.6 is 0 Å². The van der Waals surface area contributed by atoms with E-state index in [4.69, 9.17) is 0 Å². The summed E-state index contributed by atoms with van der Waals surface area (Å²) in [6, 6.07) is 8.42. The number of para-hydroxylation sites is 1. The Balaban J connectivity index is 1.29. The predicted octanol–water partition coefficient (Wildman–Crippen LogP) is 1.57. The van der Waals surface area contributed by atoms with E-state index in [0.29, 0.717) is 18.8 Å². The normalized spacial score (nSPS) is 24.2. The number of nitrogens with zero attached hydrogens (tertiary/aromatic N) is 2.